The van der Waals surface area contributed by atoms with Crippen molar-refractivity contribution in [1.29, 1.82) is 0 Å². The van der Waals surface area contributed by atoms with E-state index in [-0.39, 0.29) is 5.91 Å². The molecule has 0 unspecified atom stereocenters. The molecule has 2 aliphatic rings. The minimum absolute atomic E-state index is 0.0606. The fourth-order valence-corrected chi connectivity index (χ4v) is 3.41. The number of hydrogen-bond acceptors (Lipinski definition) is 3. The lowest BCUT2D eigenvalue weighted by Gasteiger charge is -2.26. The van der Waals surface area contributed by atoms with Gasteiger partial charge in [-0.25, -0.2) is 9.99 Å². The number of carbonyl (C=O) groups is 1. The van der Waals surface area contributed by atoms with E-state index in [9.17, 15) is 4.79 Å². The second-order valence-electron chi connectivity index (χ2n) is 6.27. The molecule has 2 fully saturated rings. The molecule has 1 aliphatic carbocycles. The van der Waals surface area contributed by atoms with Crippen molar-refractivity contribution >= 4 is 5.91 Å². The zero-order valence-corrected chi connectivity index (χ0v) is 12.7. The van der Waals surface area contributed by atoms with Gasteiger partial charge in [0.1, 0.15) is 5.69 Å². The molecule has 1 N–H and O–H groups in total. The lowest BCUT2D eigenvalue weighted by molar-refractivity contribution is 0.0744. The molecule has 1 saturated carbocycles. The zero-order chi connectivity index (χ0) is 14.5. The third-order valence-electron chi connectivity index (χ3n) is 4.64. The third kappa shape index (κ3) is 3.82. The Morgan fingerprint density at radius 2 is 1.76 bits per heavy atom. The second-order valence-corrected chi connectivity index (χ2v) is 6.27. The monoisotopic (exact) mass is 287 g/mol. The first kappa shape index (κ1) is 14.5. The molecule has 0 radical (unpaired) electrons. The predicted octanol–water partition coefficient (Wildman–Crippen LogP) is 3.26. The molecule has 0 bridgehead atoms. The van der Waals surface area contributed by atoms with Gasteiger partial charge in [0.25, 0.3) is 5.91 Å². The maximum atomic E-state index is 12.3. The summed E-state index contributed by atoms with van der Waals surface area (Å²) >= 11 is 0. The van der Waals surface area contributed by atoms with Crippen LogP contribution >= 0.6 is 0 Å². The van der Waals surface area contributed by atoms with Crippen molar-refractivity contribution in [2.24, 2.45) is 0 Å². The minimum Gasteiger partial charge on any atom is -0.283 e. The van der Waals surface area contributed by atoms with Crippen LogP contribution in [0.1, 0.15) is 73.5 Å². The Labute approximate surface area is 126 Å². The van der Waals surface area contributed by atoms with Crippen LogP contribution in [-0.4, -0.2) is 29.0 Å². The maximum Gasteiger partial charge on any atom is 0.284 e. The molecule has 4 nitrogen and oxygen atoms in total. The van der Waals surface area contributed by atoms with Gasteiger partial charge in [0.15, 0.2) is 0 Å². The van der Waals surface area contributed by atoms with E-state index in [1.165, 1.54) is 38.5 Å². The number of hydrogen-bond donors (Lipinski definition) is 1. The molecule has 3 rings (SSSR count). The summed E-state index contributed by atoms with van der Waals surface area (Å²) in [5.74, 6) is 0.482. The average Bonchev–Trinajstić information content (AvgIpc) is 2.57. The zero-order valence-electron chi connectivity index (χ0n) is 12.7. The van der Waals surface area contributed by atoms with E-state index in [0.29, 0.717) is 11.6 Å². The first-order valence-corrected chi connectivity index (χ1v) is 8.36. The van der Waals surface area contributed by atoms with Crippen LogP contribution in [0.2, 0.25) is 0 Å². The van der Waals surface area contributed by atoms with Crippen LogP contribution in [0, 0.1) is 0 Å². The molecular formula is C17H25N3O. The maximum absolute atomic E-state index is 12.3. The van der Waals surface area contributed by atoms with Crippen molar-refractivity contribution in [2.45, 2.75) is 57.3 Å². The van der Waals surface area contributed by atoms with E-state index in [1.807, 2.05) is 17.1 Å². The molecule has 4 heteroatoms. The highest BCUT2D eigenvalue weighted by molar-refractivity contribution is 5.91. The van der Waals surface area contributed by atoms with Gasteiger partial charge < -0.3 is 0 Å². The second kappa shape index (κ2) is 7.03. The van der Waals surface area contributed by atoms with Crippen LogP contribution in [0.15, 0.2) is 18.2 Å². The Morgan fingerprint density at radius 1 is 1.05 bits per heavy atom. The Morgan fingerprint density at radius 3 is 2.52 bits per heavy atom. The fraction of sp³-hybridized carbons (Fsp3) is 0.647. The average molecular weight is 287 g/mol. The van der Waals surface area contributed by atoms with Crippen molar-refractivity contribution in [3.8, 4) is 0 Å². The summed E-state index contributed by atoms with van der Waals surface area (Å²) in [6.45, 7) is 1.90. The molecular weight excluding hydrogens is 262 g/mol. The van der Waals surface area contributed by atoms with Gasteiger partial charge in [-0.3, -0.25) is 10.2 Å². The summed E-state index contributed by atoms with van der Waals surface area (Å²) in [6, 6.07) is 5.88. The van der Waals surface area contributed by atoms with Crippen molar-refractivity contribution in [1.82, 2.24) is 15.4 Å². The summed E-state index contributed by atoms with van der Waals surface area (Å²) in [4.78, 5) is 17.0. The highest BCUT2D eigenvalue weighted by atomic mass is 16.2. The van der Waals surface area contributed by atoms with E-state index < -0.39 is 0 Å². The van der Waals surface area contributed by atoms with Gasteiger partial charge >= 0.3 is 0 Å². The normalized spacial score (nSPS) is 21.1. The molecule has 21 heavy (non-hydrogen) atoms. The van der Waals surface area contributed by atoms with E-state index >= 15 is 0 Å². The SMILES string of the molecule is O=C(NN1CCCCC1)c1cccc(C2CCCCC2)n1. The van der Waals surface area contributed by atoms with E-state index in [1.54, 1.807) is 0 Å². The van der Waals surface area contributed by atoms with Gasteiger partial charge in [0, 0.05) is 24.7 Å². The smallest absolute Gasteiger partial charge is 0.283 e. The standard InChI is InChI=1S/C17H25N3O/c21-17(19-20-12-5-2-6-13-20)16-11-7-10-15(18-16)14-8-3-1-4-9-14/h7,10-11,14H,1-6,8-9,12-13H2,(H,19,21). The first-order chi connectivity index (χ1) is 10.3. The van der Waals surface area contributed by atoms with Crippen LogP contribution in [-0.2, 0) is 0 Å². The van der Waals surface area contributed by atoms with Crippen LogP contribution in [0.4, 0.5) is 0 Å². The minimum atomic E-state index is -0.0606. The Bertz CT molecular complexity index is 477. The Kier molecular flexibility index (Phi) is 4.86. The van der Waals surface area contributed by atoms with Crippen LogP contribution in [0.5, 0.6) is 0 Å². The molecule has 1 saturated heterocycles. The summed E-state index contributed by atoms with van der Waals surface area (Å²) < 4.78 is 0. The molecule has 114 valence electrons. The van der Waals surface area contributed by atoms with Crippen LogP contribution < -0.4 is 5.43 Å². The lowest BCUT2D eigenvalue weighted by atomic mass is 9.86. The van der Waals surface area contributed by atoms with Gasteiger partial charge in [-0.2, -0.15) is 0 Å². The van der Waals surface area contributed by atoms with Gasteiger partial charge in [-0.05, 0) is 37.8 Å². The van der Waals surface area contributed by atoms with Crippen LogP contribution in [0.3, 0.4) is 0 Å². The summed E-state index contributed by atoms with van der Waals surface area (Å²) in [7, 11) is 0. The number of amides is 1. The van der Waals surface area contributed by atoms with Crippen molar-refractivity contribution in [3.63, 3.8) is 0 Å². The molecule has 1 aliphatic heterocycles. The quantitative estimate of drug-likeness (QED) is 0.928. The largest absolute Gasteiger partial charge is 0.284 e. The summed E-state index contributed by atoms with van der Waals surface area (Å²) in [5.41, 5.74) is 4.65. The number of hydrazine groups is 1. The molecule has 2 heterocycles. The summed E-state index contributed by atoms with van der Waals surface area (Å²) in [6.07, 6.45) is 9.93. The van der Waals surface area contributed by atoms with Gasteiger partial charge in [0.2, 0.25) is 0 Å². The van der Waals surface area contributed by atoms with Gasteiger partial charge in [0.05, 0.1) is 0 Å². The predicted molar refractivity (Wildman–Crippen MR) is 83.0 cm³/mol. The van der Waals surface area contributed by atoms with Crippen LogP contribution in [0.25, 0.3) is 0 Å². The Balaban J connectivity index is 1.65. The highest BCUT2D eigenvalue weighted by Crippen LogP contribution is 2.31. The molecule has 0 atom stereocenters. The first-order valence-electron chi connectivity index (χ1n) is 8.36. The molecule has 1 aromatic heterocycles. The van der Waals surface area contributed by atoms with Gasteiger partial charge in [-0.15, -0.1) is 0 Å². The topological polar surface area (TPSA) is 45.2 Å². The molecule has 0 spiro atoms. The molecule has 0 aromatic carbocycles. The number of aromatic nitrogens is 1. The van der Waals surface area contributed by atoms with E-state index in [2.05, 4.69) is 16.5 Å². The number of carbonyl (C=O) groups excluding carboxylic acids is 1. The fourth-order valence-electron chi connectivity index (χ4n) is 3.41. The molecule has 1 aromatic rings. The Hall–Kier alpha value is -1.42. The number of rotatable bonds is 3. The molecule has 1 amide bonds. The number of nitrogens with one attached hydrogen (secondary N) is 1. The summed E-state index contributed by atoms with van der Waals surface area (Å²) in [5, 5.41) is 2.03. The third-order valence-corrected chi connectivity index (χ3v) is 4.64. The van der Waals surface area contributed by atoms with Crippen molar-refractivity contribution < 1.29 is 4.79 Å². The highest BCUT2D eigenvalue weighted by Gasteiger charge is 2.19. The van der Waals surface area contributed by atoms with Crippen molar-refractivity contribution in [2.75, 3.05) is 13.1 Å². The van der Waals surface area contributed by atoms with E-state index in [0.717, 1.165) is 31.6 Å². The number of nitrogens with zero attached hydrogens (tertiary/aromatic N) is 2. The number of piperidine rings is 1. The number of pyridine rings is 1. The van der Waals surface area contributed by atoms with Crippen molar-refractivity contribution in [3.05, 3.63) is 29.6 Å². The lowest BCUT2D eigenvalue weighted by Crippen LogP contribution is -2.45. The van der Waals surface area contributed by atoms with Gasteiger partial charge in [-0.1, -0.05) is 31.7 Å². The van der Waals surface area contributed by atoms with E-state index in [4.69, 9.17) is 0 Å².